The van der Waals surface area contributed by atoms with Gasteiger partial charge in [0.05, 0.1) is 18.5 Å². The van der Waals surface area contributed by atoms with E-state index in [2.05, 4.69) is 27.2 Å². The summed E-state index contributed by atoms with van der Waals surface area (Å²) in [4.78, 5) is 53.5. The molecule has 0 radical (unpaired) electrons. The number of rotatable bonds is 6. The molecular weight excluding hydrogens is 586 g/mol. The van der Waals surface area contributed by atoms with Gasteiger partial charge in [0, 0.05) is 50.7 Å². The molecule has 252 valence electrons. The Morgan fingerprint density at radius 3 is 2.43 bits per heavy atom. The van der Waals surface area contributed by atoms with Crippen molar-refractivity contribution >= 4 is 36.3 Å². The molecule has 0 aromatic heterocycles. The maximum Gasteiger partial charge on any atom is 0.410 e. The summed E-state index contributed by atoms with van der Waals surface area (Å²) in [5, 5.41) is 6.31. The number of allylic oxidation sites excluding steroid dienone is 1. The highest BCUT2D eigenvalue weighted by Crippen LogP contribution is 2.31. The molecule has 3 aliphatic rings. The van der Waals surface area contributed by atoms with Crippen molar-refractivity contribution < 1.29 is 23.9 Å². The number of nitrogens with one attached hydrogen (secondary N) is 2. The van der Waals surface area contributed by atoms with Gasteiger partial charge in [-0.15, -0.1) is 0 Å². The zero-order valence-electron chi connectivity index (χ0n) is 28.4. The van der Waals surface area contributed by atoms with Crippen molar-refractivity contribution in [3.63, 3.8) is 0 Å². The molecular formula is C34H51N7O5. The summed E-state index contributed by atoms with van der Waals surface area (Å²) in [7, 11) is 3.32. The van der Waals surface area contributed by atoms with Crippen LogP contribution in [0.1, 0.15) is 95.8 Å². The van der Waals surface area contributed by atoms with E-state index in [4.69, 9.17) is 14.5 Å². The molecule has 12 heteroatoms. The van der Waals surface area contributed by atoms with Crippen molar-refractivity contribution in [3.05, 3.63) is 35.3 Å². The van der Waals surface area contributed by atoms with Crippen LogP contribution in [0.2, 0.25) is 0 Å². The van der Waals surface area contributed by atoms with E-state index in [-0.39, 0.29) is 29.9 Å². The molecule has 1 unspecified atom stereocenters. The molecule has 1 saturated carbocycles. The van der Waals surface area contributed by atoms with Gasteiger partial charge in [-0.2, -0.15) is 4.99 Å². The van der Waals surface area contributed by atoms with Crippen molar-refractivity contribution in [1.82, 2.24) is 20.0 Å². The Balaban J connectivity index is 1.51. The Hall–Kier alpha value is -4.09. The van der Waals surface area contributed by atoms with Gasteiger partial charge in [-0.25, -0.2) is 9.79 Å². The number of methoxy groups -OCH3 is 1. The molecule has 4 rings (SSSR count). The first kappa shape index (κ1) is 34.8. The van der Waals surface area contributed by atoms with Crippen LogP contribution in [0.25, 0.3) is 0 Å². The third kappa shape index (κ3) is 9.01. The molecule has 2 heterocycles. The van der Waals surface area contributed by atoms with Crippen LogP contribution in [0.4, 0.5) is 10.5 Å². The van der Waals surface area contributed by atoms with Gasteiger partial charge in [-0.1, -0.05) is 19.3 Å². The zero-order valence-corrected chi connectivity index (χ0v) is 28.4. The number of likely N-dealkylation sites (tertiary alicyclic amines) is 1. The SMILES string of the molecule is C=N/C(=N\C1=C(C)N(C)C(=O)CCN1C1CCCCC1)Nc1ccc(C(=O)NC2CCCCN(C(=O)OC(C)(C)C)C2)cc1OC. The van der Waals surface area contributed by atoms with Crippen LogP contribution in [0.5, 0.6) is 5.75 Å². The van der Waals surface area contributed by atoms with Crippen LogP contribution in [-0.4, -0.2) is 96.8 Å². The van der Waals surface area contributed by atoms with E-state index in [0.717, 1.165) is 50.6 Å². The summed E-state index contributed by atoms with van der Waals surface area (Å²) in [5.74, 6) is 1.19. The van der Waals surface area contributed by atoms with Gasteiger partial charge in [0.15, 0.2) is 5.82 Å². The Labute approximate surface area is 273 Å². The molecule has 1 saturated heterocycles. The van der Waals surface area contributed by atoms with Gasteiger partial charge >= 0.3 is 6.09 Å². The summed E-state index contributed by atoms with van der Waals surface area (Å²) < 4.78 is 11.2. The van der Waals surface area contributed by atoms with Crippen LogP contribution in [-0.2, 0) is 9.53 Å². The quantitative estimate of drug-likeness (QED) is 0.317. The van der Waals surface area contributed by atoms with E-state index in [1.165, 1.54) is 13.5 Å². The van der Waals surface area contributed by atoms with Gasteiger partial charge < -0.3 is 34.8 Å². The fraction of sp³-hybridized carbons (Fsp3) is 0.618. The van der Waals surface area contributed by atoms with Crippen molar-refractivity contribution in [2.24, 2.45) is 9.98 Å². The average Bonchev–Trinajstić information content (AvgIpc) is 3.33. The minimum atomic E-state index is -0.587. The van der Waals surface area contributed by atoms with Gasteiger partial charge in [0.1, 0.15) is 11.4 Å². The number of aliphatic imine (C=N–C) groups is 2. The minimum absolute atomic E-state index is 0.0570. The minimum Gasteiger partial charge on any atom is -0.495 e. The van der Waals surface area contributed by atoms with Gasteiger partial charge in [0.2, 0.25) is 11.9 Å². The molecule has 1 atom stereocenters. The number of hydrogen-bond acceptors (Lipinski definition) is 7. The number of carbonyl (C=O) groups is 3. The highest BCUT2D eigenvalue weighted by Gasteiger charge is 2.31. The molecule has 0 spiro atoms. The molecule has 2 aliphatic heterocycles. The van der Waals surface area contributed by atoms with Crippen LogP contribution in [0.3, 0.4) is 0 Å². The fourth-order valence-electron chi connectivity index (χ4n) is 6.21. The van der Waals surface area contributed by atoms with E-state index >= 15 is 0 Å². The summed E-state index contributed by atoms with van der Waals surface area (Å²) in [6.45, 7) is 12.8. The van der Waals surface area contributed by atoms with E-state index in [1.807, 2.05) is 27.7 Å². The number of anilines is 1. The standard InChI is InChI=1S/C34H51N7O5/c1-23-30(41(20-18-29(42)39(23)6)26-14-9-8-10-15-26)38-32(35-5)37-27-17-16-24(21-28(27)45-7)31(43)36-25-13-11-12-19-40(22-25)33(44)46-34(2,3)4/h16-17,21,25-26H,5,8-15,18-20,22H2,1-4,6-7H3,(H,36,43)(H,37,38). The summed E-state index contributed by atoms with van der Waals surface area (Å²) in [5.41, 5.74) is 1.16. The largest absolute Gasteiger partial charge is 0.495 e. The number of amides is 3. The normalized spacial score (nSPS) is 20.6. The molecule has 1 aromatic carbocycles. The third-order valence-electron chi connectivity index (χ3n) is 8.78. The molecule has 12 nitrogen and oxygen atoms in total. The number of nitrogens with zero attached hydrogens (tertiary/aromatic N) is 5. The van der Waals surface area contributed by atoms with E-state index in [9.17, 15) is 14.4 Å². The smallest absolute Gasteiger partial charge is 0.410 e. The Bertz CT molecular complexity index is 1350. The second kappa shape index (κ2) is 15.5. The number of benzene rings is 1. The van der Waals surface area contributed by atoms with Gasteiger partial charge in [-0.05, 0) is 84.7 Å². The van der Waals surface area contributed by atoms with Crippen LogP contribution >= 0.6 is 0 Å². The summed E-state index contributed by atoms with van der Waals surface area (Å²) in [6, 6.07) is 5.22. The predicted molar refractivity (Wildman–Crippen MR) is 180 cm³/mol. The fourth-order valence-corrected chi connectivity index (χ4v) is 6.21. The van der Waals surface area contributed by atoms with Crippen molar-refractivity contribution in [3.8, 4) is 5.75 Å². The lowest BCUT2D eigenvalue weighted by Gasteiger charge is -2.35. The summed E-state index contributed by atoms with van der Waals surface area (Å²) in [6.07, 6.45) is 8.23. The Morgan fingerprint density at radius 1 is 1.04 bits per heavy atom. The molecule has 1 aromatic rings. The van der Waals surface area contributed by atoms with Crippen molar-refractivity contribution in [2.45, 2.75) is 103 Å². The maximum absolute atomic E-state index is 13.3. The Morgan fingerprint density at radius 2 is 1.76 bits per heavy atom. The van der Waals surface area contributed by atoms with Crippen LogP contribution in [0.15, 0.2) is 39.7 Å². The number of guanidine groups is 1. The predicted octanol–water partition coefficient (Wildman–Crippen LogP) is 5.37. The second-order valence-electron chi connectivity index (χ2n) is 13.3. The van der Waals surface area contributed by atoms with E-state index < -0.39 is 5.60 Å². The lowest BCUT2D eigenvalue weighted by molar-refractivity contribution is -0.128. The lowest BCUT2D eigenvalue weighted by Crippen LogP contribution is -2.46. The highest BCUT2D eigenvalue weighted by atomic mass is 16.6. The topological polar surface area (TPSA) is 128 Å². The average molecular weight is 638 g/mol. The molecule has 1 aliphatic carbocycles. The molecule has 46 heavy (non-hydrogen) atoms. The van der Waals surface area contributed by atoms with Crippen molar-refractivity contribution in [1.29, 1.82) is 0 Å². The molecule has 2 N–H and O–H groups in total. The van der Waals surface area contributed by atoms with E-state index in [1.54, 1.807) is 35.0 Å². The molecule has 0 bridgehead atoms. The van der Waals surface area contributed by atoms with Crippen LogP contribution < -0.4 is 15.4 Å². The first-order valence-electron chi connectivity index (χ1n) is 16.4. The summed E-state index contributed by atoms with van der Waals surface area (Å²) >= 11 is 0. The van der Waals surface area contributed by atoms with Crippen molar-refractivity contribution in [2.75, 3.05) is 39.1 Å². The zero-order chi connectivity index (χ0) is 33.4. The first-order chi connectivity index (χ1) is 21.9. The highest BCUT2D eigenvalue weighted by molar-refractivity contribution is 6.00. The van der Waals surface area contributed by atoms with Gasteiger partial charge in [-0.3, -0.25) is 9.59 Å². The van der Waals surface area contributed by atoms with Gasteiger partial charge in [0.25, 0.3) is 5.91 Å². The second-order valence-corrected chi connectivity index (χ2v) is 13.3. The number of hydrogen-bond donors (Lipinski definition) is 2. The first-order valence-corrected chi connectivity index (χ1v) is 16.4. The number of ether oxygens (including phenoxy) is 2. The monoisotopic (exact) mass is 637 g/mol. The lowest BCUT2D eigenvalue weighted by atomic mass is 9.94. The Kier molecular flexibility index (Phi) is 11.7. The van der Waals surface area contributed by atoms with Crippen LogP contribution in [0, 0.1) is 0 Å². The number of carbonyl (C=O) groups excluding carboxylic acids is 3. The maximum atomic E-state index is 13.3. The van der Waals surface area contributed by atoms with E-state index in [0.29, 0.717) is 54.9 Å². The third-order valence-corrected chi connectivity index (χ3v) is 8.78. The molecule has 2 fully saturated rings. The molecule has 3 amide bonds.